The fourth-order valence-corrected chi connectivity index (χ4v) is 4.33. The van der Waals surface area contributed by atoms with Gasteiger partial charge in [-0.2, -0.15) is 8.78 Å². The summed E-state index contributed by atoms with van der Waals surface area (Å²) in [6.45, 7) is 0.531. The van der Waals surface area contributed by atoms with Crippen LogP contribution in [0.1, 0.15) is 36.8 Å². The van der Waals surface area contributed by atoms with E-state index in [0.29, 0.717) is 11.3 Å². The van der Waals surface area contributed by atoms with E-state index in [2.05, 4.69) is 15.0 Å². The number of nitrogens with zero attached hydrogens (tertiary/aromatic N) is 3. The van der Waals surface area contributed by atoms with E-state index in [4.69, 9.17) is 21.1 Å². The van der Waals surface area contributed by atoms with E-state index >= 15 is 0 Å². The van der Waals surface area contributed by atoms with Crippen LogP contribution in [0.2, 0.25) is 5.02 Å². The van der Waals surface area contributed by atoms with Crippen LogP contribution in [-0.2, 0) is 9.53 Å². The van der Waals surface area contributed by atoms with Crippen LogP contribution in [0, 0.1) is 0 Å². The molecule has 1 aromatic carbocycles. The number of pyridine rings is 2. The molecule has 0 saturated carbocycles. The number of ether oxygens (including phenoxy) is 3. The van der Waals surface area contributed by atoms with Crippen LogP contribution in [0.4, 0.5) is 14.5 Å². The first kappa shape index (κ1) is 28.6. The maximum atomic E-state index is 13.3. The molecule has 1 amide bonds. The Bertz CT molecular complexity index is 1620. The Hall–Kier alpha value is -4.45. The Morgan fingerprint density at radius 1 is 1.05 bits per heavy atom. The molecule has 0 spiro atoms. The number of nitrogens with one attached hydrogen (secondary N) is 1. The van der Waals surface area contributed by atoms with Crippen molar-refractivity contribution in [2.75, 3.05) is 19.0 Å². The number of esters is 1. The molecule has 4 aromatic rings. The number of aromatic nitrogens is 3. The van der Waals surface area contributed by atoms with Crippen molar-refractivity contribution < 1.29 is 32.6 Å². The SMILES string of the molecule is CCOC(=O)c1cn2cc(NC(=O)C(CC)n3cc(OC)c(-c4cc(Cl)ccc4OC(F)F)cc3=O)ccc2n1. The number of halogens is 3. The average molecular weight is 575 g/mol. The van der Waals surface area contributed by atoms with Crippen molar-refractivity contribution in [2.45, 2.75) is 32.9 Å². The number of fused-ring (bicyclic) bond motifs is 1. The van der Waals surface area contributed by atoms with E-state index in [1.54, 1.807) is 36.6 Å². The van der Waals surface area contributed by atoms with Crippen LogP contribution in [0.5, 0.6) is 11.5 Å². The summed E-state index contributed by atoms with van der Waals surface area (Å²) in [5.74, 6) is -1.11. The van der Waals surface area contributed by atoms with Crippen molar-refractivity contribution in [3.63, 3.8) is 0 Å². The highest BCUT2D eigenvalue weighted by Gasteiger charge is 2.24. The number of methoxy groups -OCH3 is 1. The number of alkyl halides is 2. The maximum absolute atomic E-state index is 13.3. The predicted octanol–water partition coefficient (Wildman–Crippen LogP) is 5.19. The fourth-order valence-electron chi connectivity index (χ4n) is 4.16. The minimum absolute atomic E-state index is 0.123. The number of imidazole rings is 1. The largest absolute Gasteiger partial charge is 0.495 e. The Balaban J connectivity index is 1.65. The molecule has 40 heavy (non-hydrogen) atoms. The minimum atomic E-state index is -3.10. The molecular weight excluding hydrogens is 550 g/mol. The molecule has 0 aliphatic carbocycles. The summed E-state index contributed by atoms with van der Waals surface area (Å²) in [5.41, 5.74) is 0.707. The highest BCUT2D eigenvalue weighted by atomic mass is 35.5. The predicted molar refractivity (Wildman–Crippen MR) is 143 cm³/mol. The maximum Gasteiger partial charge on any atom is 0.387 e. The highest BCUT2D eigenvalue weighted by molar-refractivity contribution is 6.31. The van der Waals surface area contributed by atoms with Gasteiger partial charge in [0.15, 0.2) is 5.69 Å². The molecule has 0 saturated heterocycles. The minimum Gasteiger partial charge on any atom is -0.495 e. The van der Waals surface area contributed by atoms with Gasteiger partial charge in [0, 0.05) is 34.6 Å². The van der Waals surface area contributed by atoms with Crippen molar-refractivity contribution >= 4 is 34.8 Å². The van der Waals surface area contributed by atoms with Gasteiger partial charge in [0.05, 0.1) is 25.6 Å². The van der Waals surface area contributed by atoms with Gasteiger partial charge in [-0.15, -0.1) is 0 Å². The van der Waals surface area contributed by atoms with E-state index in [0.717, 1.165) is 0 Å². The monoisotopic (exact) mass is 574 g/mol. The van der Waals surface area contributed by atoms with Crippen LogP contribution in [0.15, 0.2) is 59.8 Å². The summed E-state index contributed by atoms with van der Waals surface area (Å²) < 4.78 is 43.8. The molecule has 0 fully saturated rings. The van der Waals surface area contributed by atoms with Crippen molar-refractivity contribution in [1.82, 2.24) is 14.0 Å². The van der Waals surface area contributed by atoms with Gasteiger partial charge in [0.2, 0.25) is 5.91 Å². The van der Waals surface area contributed by atoms with Gasteiger partial charge in [0.25, 0.3) is 5.56 Å². The van der Waals surface area contributed by atoms with Crippen molar-refractivity contribution in [3.05, 3.63) is 76.1 Å². The van der Waals surface area contributed by atoms with E-state index in [1.165, 1.54) is 48.3 Å². The Kier molecular flexibility index (Phi) is 8.68. The van der Waals surface area contributed by atoms with Gasteiger partial charge in [-0.05, 0) is 43.7 Å². The third-order valence-corrected chi connectivity index (χ3v) is 6.18. The van der Waals surface area contributed by atoms with Crippen LogP contribution in [0.3, 0.4) is 0 Å². The number of rotatable bonds is 10. The third kappa shape index (κ3) is 6.07. The Morgan fingerprint density at radius 2 is 1.80 bits per heavy atom. The van der Waals surface area contributed by atoms with E-state index < -0.39 is 30.1 Å². The van der Waals surface area contributed by atoms with Crippen molar-refractivity contribution in [1.29, 1.82) is 0 Å². The number of amides is 1. The summed E-state index contributed by atoms with van der Waals surface area (Å²) >= 11 is 6.08. The molecule has 4 rings (SSSR count). The van der Waals surface area contributed by atoms with Crippen molar-refractivity contribution in [2.24, 2.45) is 0 Å². The lowest BCUT2D eigenvalue weighted by molar-refractivity contribution is -0.119. The third-order valence-electron chi connectivity index (χ3n) is 5.94. The van der Waals surface area contributed by atoms with E-state index in [-0.39, 0.29) is 46.4 Å². The lowest BCUT2D eigenvalue weighted by Crippen LogP contribution is -2.32. The van der Waals surface area contributed by atoms with Gasteiger partial charge in [-0.1, -0.05) is 18.5 Å². The highest BCUT2D eigenvalue weighted by Crippen LogP contribution is 2.38. The number of hydrogen-bond acceptors (Lipinski definition) is 7. The first-order valence-corrected chi connectivity index (χ1v) is 12.5. The Labute approximate surface area is 232 Å². The number of hydrogen-bond donors (Lipinski definition) is 1. The van der Waals surface area contributed by atoms with Crippen LogP contribution in [-0.4, -0.2) is 46.2 Å². The molecule has 1 N–H and O–H groups in total. The molecule has 3 heterocycles. The molecule has 210 valence electrons. The second-order valence-corrected chi connectivity index (χ2v) is 8.90. The topological polar surface area (TPSA) is 113 Å². The zero-order chi connectivity index (χ0) is 29.0. The zero-order valence-electron chi connectivity index (χ0n) is 21.7. The fraction of sp³-hybridized carbons (Fsp3) is 0.259. The van der Waals surface area contributed by atoms with Gasteiger partial charge in [-0.25, -0.2) is 9.78 Å². The molecule has 3 aromatic heterocycles. The number of carbonyl (C=O) groups excluding carboxylic acids is 2. The summed E-state index contributed by atoms with van der Waals surface area (Å²) in [5, 5.41) is 3.01. The van der Waals surface area contributed by atoms with Gasteiger partial charge < -0.3 is 23.9 Å². The Morgan fingerprint density at radius 3 is 2.48 bits per heavy atom. The average Bonchev–Trinajstić information content (AvgIpc) is 3.34. The van der Waals surface area contributed by atoms with Crippen LogP contribution < -0.4 is 20.3 Å². The normalized spacial score (nSPS) is 11.9. The molecule has 0 aliphatic heterocycles. The standard InChI is InChI=1S/C27H25ClF2N4O6/c1-4-20(25(36)31-16-7-9-23-32-19(13-33(23)12-16)26(37)39-5-2)34-14-22(38-3)18(11-24(34)35)17-10-15(28)6-8-21(17)40-27(29)30/h6-14,20,27H,4-5H2,1-3H3,(H,31,36). The van der Waals surface area contributed by atoms with E-state index in [9.17, 15) is 23.2 Å². The second-order valence-electron chi connectivity index (χ2n) is 8.46. The quantitative estimate of drug-likeness (QED) is 0.259. The molecule has 1 unspecified atom stereocenters. The lowest BCUT2D eigenvalue weighted by Gasteiger charge is -2.21. The second kappa shape index (κ2) is 12.2. The summed E-state index contributed by atoms with van der Waals surface area (Å²) in [6.07, 6.45) is 4.64. The first-order valence-electron chi connectivity index (χ1n) is 12.2. The number of carbonyl (C=O) groups is 2. The van der Waals surface area contributed by atoms with Gasteiger partial charge in [0.1, 0.15) is 23.2 Å². The first-order chi connectivity index (χ1) is 19.1. The summed E-state index contributed by atoms with van der Waals surface area (Å²) in [6, 6.07) is 7.49. The van der Waals surface area contributed by atoms with Crippen molar-refractivity contribution in [3.8, 4) is 22.6 Å². The molecule has 1 atom stereocenters. The number of anilines is 1. The van der Waals surface area contributed by atoms with Crippen LogP contribution >= 0.6 is 11.6 Å². The molecular formula is C27H25ClF2N4O6. The zero-order valence-corrected chi connectivity index (χ0v) is 22.4. The molecule has 0 bridgehead atoms. The molecule has 10 nitrogen and oxygen atoms in total. The smallest absolute Gasteiger partial charge is 0.387 e. The van der Waals surface area contributed by atoms with E-state index in [1.807, 2.05) is 0 Å². The number of benzene rings is 1. The lowest BCUT2D eigenvalue weighted by atomic mass is 10.0. The van der Waals surface area contributed by atoms with Crippen LogP contribution in [0.25, 0.3) is 16.8 Å². The van der Waals surface area contributed by atoms with Gasteiger partial charge >= 0.3 is 12.6 Å². The molecule has 13 heteroatoms. The summed E-state index contributed by atoms with van der Waals surface area (Å²) in [4.78, 5) is 42.7. The molecule has 0 aliphatic rings. The summed E-state index contributed by atoms with van der Waals surface area (Å²) in [7, 11) is 1.34. The van der Waals surface area contributed by atoms with Gasteiger partial charge in [-0.3, -0.25) is 14.2 Å². The molecule has 0 radical (unpaired) electrons.